The van der Waals surface area contributed by atoms with E-state index >= 15 is 0 Å². The minimum Gasteiger partial charge on any atom is -0.237 e. The van der Waals surface area contributed by atoms with Gasteiger partial charge in [-0.05, 0) is 18.1 Å². The molecule has 1 aromatic heterocycles. The molecule has 0 unspecified atom stereocenters. The highest BCUT2D eigenvalue weighted by atomic mass is 19.4. The molecule has 1 heterocycles. The maximum atomic E-state index is 12.2. The van der Waals surface area contributed by atoms with Gasteiger partial charge in [0, 0.05) is 0 Å². The first-order valence-corrected chi connectivity index (χ1v) is 4.02. The lowest BCUT2D eigenvalue weighted by atomic mass is 10.1. The van der Waals surface area contributed by atoms with E-state index in [0.29, 0.717) is 12.0 Å². The monoisotopic (exact) mass is 202 g/mol. The predicted molar refractivity (Wildman–Crippen MR) is 46.4 cm³/mol. The molecule has 0 aliphatic carbocycles. The Labute approximate surface area is 79.5 Å². The average molecular weight is 202 g/mol. The number of alkyl halides is 3. The third kappa shape index (κ3) is 2.31. The number of hydrogen-bond acceptors (Lipinski definition) is 2. The van der Waals surface area contributed by atoms with E-state index in [9.17, 15) is 13.2 Å². The van der Waals surface area contributed by atoms with E-state index in [-0.39, 0.29) is 5.69 Å². The first-order valence-electron chi connectivity index (χ1n) is 4.02. The van der Waals surface area contributed by atoms with Gasteiger partial charge >= 0.3 is 6.18 Å². The van der Waals surface area contributed by atoms with Crippen molar-refractivity contribution in [1.29, 1.82) is 0 Å². The molecule has 76 valence electrons. The van der Waals surface area contributed by atoms with Crippen LogP contribution in [0.15, 0.2) is 19.0 Å². The van der Waals surface area contributed by atoms with Crippen molar-refractivity contribution >= 4 is 5.57 Å². The summed E-state index contributed by atoms with van der Waals surface area (Å²) in [6, 6.07) is 0.909. The number of allylic oxidation sites excluding steroid dienone is 1. The van der Waals surface area contributed by atoms with Crippen LogP contribution in [0.5, 0.6) is 0 Å². The summed E-state index contributed by atoms with van der Waals surface area (Å²) in [7, 11) is 0. The number of nitrogens with zero attached hydrogens (tertiary/aromatic N) is 2. The minimum absolute atomic E-state index is 0.245. The molecule has 0 N–H and O–H groups in total. The molecule has 0 aromatic carbocycles. The maximum Gasteiger partial charge on any atom is 0.433 e. The number of aromatic nitrogens is 2. The molecule has 0 amide bonds. The van der Waals surface area contributed by atoms with Gasteiger partial charge in [0.1, 0.15) is 12.0 Å². The fourth-order valence-corrected chi connectivity index (χ4v) is 0.887. The van der Waals surface area contributed by atoms with Crippen molar-refractivity contribution in [3.63, 3.8) is 0 Å². The van der Waals surface area contributed by atoms with Crippen LogP contribution < -0.4 is 0 Å². The van der Waals surface area contributed by atoms with E-state index in [0.717, 1.165) is 12.4 Å². The number of hydrogen-bond donors (Lipinski definition) is 0. The first-order chi connectivity index (χ1) is 6.45. The van der Waals surface area contributed by atoms with Gasteiger partial charge in [0.05, 0.1) is 5.69 Å². The lowest BCUT2D eigenvalue weighted by Gasteiger charge is -2.07. The van der Waals surface area contributed by atoms with Crippen molar-refractivity contribution in [2.75, 3.05) is 0 Å². The van der Waals surface area contributed by atoms with E-state index in [1.54, 1.807) is 6.92 Å². The molecule has 0 bridgehead atoms. The highest BCUT2D eigenvalue weighted by Crippen LogP contribution is 2.28. The normalized spacial score (nSPS) is 11.4. The molecule has 5 heteroatoms. The molecule has 1 aromatic rings. The zero-order valence-electron chi connectivity index (χ0n) is 7.60. The summed E-state index contributed by atoms with van der Waals surface area (Å²) in [5.41, 5.74) is -0.121. The van der Waals surface area contributed by atoms with Gasteiger partial charge in [-0.2, -0.15) is 13.2 Å². The lowest BCUT2D eigenvalue weighted by molar-refractivity contribution is -0.141. The molecule has 0 saturated heterocycles. The van der Waals surface area contributed by atoms with E-state index < -0.39 is 11.9 Å². The zero-order valence-corrected chi connectivity index (χ0v) is 7.60. The smallest absolute Gasteiger partial charge is 0.237 e. The Hall–Kier alpha value is -1.39. The van der Waals surface area contributed by atoms with Gasteiger partial charge in [0.25, 0.3) is 0 Å². The largest absolute Gasteiger partial charge is 0.433 e. The van der Waals surface area contributed by atoms with Crippen LogP contribution in [0.2, 0.25) is 0 Å². The van der Waals surface area contributed by atoms with E-state index in [2.05, 4.69) is 16.5 Å². The van der Waals surface area contributed by atoms with Crippen molar-refractivity contribution in [2.45, 2.75) is 19.5 Å². The lowest BCUT2D eigenvalue weighted by Crippen LogP contribution is -2.09. The summed E-state index contributed by atoms with van der Waals surface area (Å²) >= 11 is 0. The number of rotatable bonds is 2. The SMILES string of the molecule is C=C(CC)c1cc(C(F)(F)F)ncn1. The van der Waals surface area contributed by atoms with Gasteiger partial charge < -0.3 is 0 Å². The van der Waals surface area contributed by atoms with Crippen LogP contribution in [-0.2, 0) is 6.18 Å². The first kappa shape index (κ1) is 10.7. The van der Waals surface area contributed by atoms with Crippen LogP contribution >= 0.6 is 0 Å². The standard InChI is InChI=1S/C9H9F3N2/c1-3-6(2)7-4-8(9(10,11)12)14-5-13-7/h4-5H,2-3H2,1H3. The summed E-state index contributed by atoms with van der Waals surface area (Å²) < 4.78 is 36.6. The predicted octanol–water partition coefficient (Wildman–Crippen LogP) is 2.92. The summed E-state index contributed by atoms with van der Waals surface area (Å²) in [6.07, 6.45) is -2.96. The molecule has 0 radical (unpaired) electrons. The molecule has 1 rings (SSSR count). The Balaban J connectivity index is 3.08. The molecule has 0 aliphatic heterocycles. The number of halogens is 3. The second-order valence-corrected chi connectivity index (χ2v) is 2.74. The molecule has 14 heavy (non-hydrogen) atoms. The Morgan fingerprint density at radius 3 is 2.57 bits per heavy atom. The topological polar surface area (TPSA) is 25.8 Å². The molecular weight excluding hydrogens is 193 g/mol. The Morgan fingerprint density at radius 1 is 1.43 bits per heavy atom. The second kappa shape index (κ2) is 3.77. The third-order valence-electron chi connectivity index (χ3n) is 1.75. The second-order valence-electron chi connectivity index (χ2n) is 2.74. The Bertz CT molecular complexity index is 344. The van der Waals surface area contributed by atoms with Gasteiger partial charge in [-0.1, -0.05) is 13.5 Å². The molecular formula is C9H9F3N2. The van der Waals surface area contributed by atoms with Gasteiger partial charge in [-0.3, -0.25) is 0 Å². The summed E-state index contributed by atoms with van der Waals surface area (Å²) in [5, 5.41) is 0. The molecule has 0 fully saturated rings. The molecule has 0 aliphatic rings. The van der Waals surface area contributed by atoms with E-state index in [4.69, 9.17) is 0 Å². The van der Waals surface area contributed by atoms with Crippen LogP contribution in [0.4, 0.5) is 13.2 Å². The van der Waals surface area contributed by atoms with Gasteiger partial charge in [0.2, 0.25) is 0 Å². The fourth-order valence-electron chi connectivity index (χ4n) is 0.887. The minimum atomic E-state index is -4.42. The summed E-state index contributed by atoms with van der Waals surface area (Å²) in [6.45, 7) is 5.41. The fraction of sp³-hybridized carbons (Fsp3) is 0.333. The quantitative estimate of drug-likeness (QED) is 0.736. The maximum absolute atomic E-state index is 12.2. The van der Waals surface area contributed by atoms with Crippen LogP contribution in [0, 0.1) is 0 Å². The van der Waals surface area contributed by atoms with Crippen molar-refractivity contribution in [3.05, 3.63) is 30.4 Å². The van der Waals surface area contributed by atoms with Crippen LogP contribution in [0.25, 0.3) is 5.57 Å². The summed E-state index contributed by atoms with van der Waals surface area (Å²) in [5.74, 6) is 0. The van der Waals surface area contributed by atoms with Crippen molar-refractivity contribution in [2.24, 2.45) is 0 Å². The summed E-state index contributed by atoms with van der Waals surface area (Å²) in [4.78, 5) is 6.86. The van der Waals surface area contributed by atoms with Gasteiger partial charge in [-0.25, -0.2) is 9.97 Å². The van der Waals surface area contributed by atoms with Gasteiger partial charge in [0.15, 0.2) is 0 Å². The Kier molecular flexibility index (Phi) is 2.88. The highest BCUT2D eigenvalue weighted by Gasteiger charge is 2.32. The van der Waals surface area contributed by atoms with Crippen LogP contribution in [-0.4, -0.2) is 9.97 Å². The Morgan fingerprint density at radius 2 is 2.07 bits per heavy atom. The van der Waals surface area contributed by atoms with Crippen LogP contribution in [0.1, 0.15) is 24.7 Å². The zero-order chi connectivity index (χ0) is 10.8. The van der Waals surface area contributed by atoms with Crippen molar-refractivity contribution in [3.8, 4) is 0 Å². The third-order valence-corrected chi connectivity index (χ3v) is 1.75. The van der Waals surface area contributed by atoms with Crippen molar-refractivity contribution < 1.29 is 13.2 Å². The molecule has 0 saturated carbocycles. The van der Waals surface area contributed by atoms with Crippen molar-refractivity contribution in [1.82, 2.24) is 9.97 Å². The molecule has 0 spiro atoms. The average Bonchev–Trinajstić information content (AvgIpc) is 2.15. The van der Waals surface area contributed by atoms with E-state index in [1.165, 1.54) is 0 Å². The molecule has 0 atom stereocenters. The van der Waals surface area contributed by atoms with Gasteiger partial charge in [-0.15, -0.1) is 0 Å². The van der Waals surface area contributed by atoms with Crippen LogP contribution in [0.3, 0.4) is 0 Å². The molecule has 2 nitrogen and oxygen atoms in total. The highest BCUT2D eigenvalue weighted by molar-refractivity contribution is 5.59. The van der Waals surface area contributed by atoms with E-state index in [1.807, 2.05) is 0 Å².